The molecule has 0 saturated heterocycles. The topological polar surface area (TPSA) is 54.6 Å². The van der Waals surface area contributed by atoms with Crippen molar-refractivity contribution in [3.05, 3.63) is 23.9 Å². The maximum Gasteiger partial charge on any atom is 0.212 e. The van der Waals surface area contributed by atoms with E-state index in [0.29, 0.717) is 12.4 Å². The Morgan fingerprint density at radius 1 is 1.30 bits per heavy atom. The van der Waals surface area contributed by atoms with Crippen molar-refractivity contribution in [3.8, 4) is 5.88 Å². The summed E-state index contributed by atoms with van der Waals surface area (Å²) in [4.78, 5) is 8.90. The van der Waals surface area contributed by atoms with Crippen LogP contribution >= 0.6 is 0 Å². The summed E-state index contributed by atoms with van der Waals surface area (Å²) in [5, 5.41) is 0. The first-order valence-corrected chi connectivity index (χ1v) is 7.21. The fraction of sp³-hybridized carbons (Fsp3) is 0.667. The van der Waals surface area contributed by atoms with Crippen LogP contribution in [0.15, 0.2) is 18.3 Å². The molecular weight excluding hydrogens is 252 g/mol. The van der Waals surface area contributed by atoms with Crippen LogP contribution in [0.2, 0.25) is 0 Å². The molecule has 2 N–H and O–H groups in total. The normalized spacial score (nSPS) is 12.9. The van der Waals surface area contributed by atoms with Crippen LogP contribution in [0.3, 0.4) is 0 Å². The van der Waals surface area contributed by atoms with Crippen LogP contribution in [0.1, 0.15) is 24.9 Å². The first kappa shape index (κ1) is 16.9. The molecule has 0 aromatic carbocycles. The van der Waals surface area contributed by atoms with E-state index < -0.39 is 0 Å². The fourth-order valence-corrected chi connectivity index (χ4v) is 2.33. The minimum Gasteiger partial charge on any atom is -0.481 e. The Labute approximate surface area is 122 Å². The molecule has 0 fully saturated rings. The molecule has 20 heavy (non-hydrogen) atoms. The Hall–Kier alpha value is -1.17. The number of ether oxygens (including phenoxy) is 1. The summed E-state index contributed by atoms with van der Waals surface area (Å²) in [5.41, 5.74) is 7.13. The lowest BCUT2D eigenvalue weighted by Crippen LogP contribution is -2.35. The summed E-state index contributed by atoms with van der Waals surface area (Å²) in [5.74, 6) is 0.639. The molecule has 0 spiro atoms. The maximum absolute atomic E-state index is 5.97. The van der Waals surface area contributed by atoms with Crippen LogP contribution in [0.25, 0.3) is 0 Å². The van der Waals surface area contributed by atoms with Crippen molar-refractivity contribution in [1.29, 1.82) is 0 Å². The highest BCUT2D eigenvalue weighted by molar-refractivity contribution is 5.21. The van der Waals surface area contributed by atoms with E-state index in [4.69, 9.17) is 10.5 Å². The lowest BCUT2D eigenvalue weighted by Gasteiger charge is -2.30. The largest absolute Gasteiger partial charge is 0.481 e. The molecule has 1 unspecified atom stereocenters. The third kappa shape index (κ3) is 5.07. The van der Waals surface area contributed by atoms with E-state index >= 15 is 0 Å². The Morgan fingerprint density at radius 3 is 2.50 bits per heavy atom. The van der Waals surface area contributed by atoms with E-state index in [0.717, 1.165) is 31.6 Å². The number of hydrogen-bond donors (Lipinski definition) is 1. The summed E-state index contributed by atoms with van der Waals surface area (Å²) in [6.07, 6.45) is 3.01. The van der Waals surface area contributed by atoms with Crippen molar-refractivity contribution in [2.45, 2.75) is 19.4 Å². The zero-order valence-corrected chi connectivity index (χ0v) is 13.2. The van der Waals surface area contributed by atoms with Gasteiger partial charge in [-0.05, 0) is 39.2 Å². The van der Waals surface area contributed by atoms with E-state index in [1.54, 1.807) is 7.11 Å². The van der Waals surface area contributed by atoms with Crippen molar-refractivity contribution in [3.63, 3.8) is 0 Å². The molecule has 114 valence electrons. The van der Waals surface area contributed by atoms with Crippen molar-refractivity contribution >= 4 is 0 Å². The third-order valence-electron chi connectivity index (χ3n) is 3.47. The number of aromatic nitrogens is 1. The molecule has 0 saturated carbocycles. The van der Waals surface area contributed by atoms with Crippen molar-refractivity contribution in [2.75, 3.05) is 47.4 Å². The highest BCUT2D eigenvalue weighted by atomic mass is 16.5. The Morgan fingerprint density at radius 2 is 2.05 bits per heavy atom. The predicted molar refractivity (Wildman–Crippen MR) is 83.0 cm³/mol. The monoisotopic (exact) mass is 280 g/mol. The van der Waals surface area contributed by atoms with Gasteiger partial charge in [0.25, 0.3) is 0 Å². The first-order chi connectivity index (χ1) is 9.62. The van der Waals surface area contributed by atoms with Crippen LogP contribution in [0.5, 0.6) is 5.88 Å². The highest BCUT2D eigenvalue weighted by Crippen LogP contribution is 2.20. The zero-order chi connectivity index (χ0) is 15.0. The number of nitrogens with two attached hydrogens (primary N) is 1. The first-order valence-electron chi connectivity index (χ1n) is 7.21. The van der Waals surface area contributed by atoms with Gasteiger partial charge < -0.3 is 15.4 Å². The molecule has 1 aromatic heterocycles. The van der Waals surface area contributed by atoms with Gasteiger partial charge in [0, 0.05) is 31.4 Å². The SMILES string of the molecule is CCN(CCCN(C)C)C(CN)c1ccc(OC)nc1. The summed E-state index contributed by atoms with van der Waals surface area (Å²) >= 11 is 0. The highest BCUT2D eigenvalue weighted by Gasteiger charge is 2.17. The fourth-order valence-electron chi connectivity index (χ4n) is 2.33. The molecule has 1 aromatic rings. The summed E-state index contributed by atoms with van der Waals surface area (Å²) in [7, 11) is 5.83. The molecule has 0 aliphatic rings. The average molecular weight is 280 g/mol. The Kier molecular flexibility index (Phi) is 7.51. The lowest BCUT2D eigenvalue weighted by atomic mass is 10.1. The van der Waals surface area contributed by atoms with Gasteiger partial charge in [-0.3, -0.25) is 4.90 Å². The van der Waals surface area contributed by atoms with Crippen LogP contribution in [0.4, 0.5) is 0 Å². The molecule has 1 heterocycles. The van der Waals surface area contributed by atoms with Crippen LogP contribution < -0.4 is 10.5 Å². The van der Waals surface area contributed by atoms with Gasteiger partial charge in [0.1, 0.15) is 0 Å². The number of nitrogens with zero attached hydrogens (tertiary/aromatic N) is 3. The number of likely N-dealkylation sites (N-methyl/N-ethyl adjacent to an activating group) is 1. The van der Waals surface area contributed by atoms with Gasteiger partial charge in [0.2, 0.25) is 5.88 Å². The maximum atomic E-state index is 5.97. The van der Waals surface area contributed by atoms with Crippen LogP contribution in [-0.4, -0.2) is 62.2 Å². The zero-order valence-electron chi connectivity index (χ0n) is 13.2. The quantitative estimate of drug-likeness (QED) is 0.740. The van der Waals surface area contributed by atoms with Gasteiger partial charge in [0.05, 0.1) is 7.11 Å². The summed E-state index contributed by atoms with van der Waals surface area (Å²) in [6.45, 7) is 5.90. The van der Waals surface area contributed by atoms with Gasteiger partial charge in [0.15, 0.2) is 0 Å². The second kappa shape index (κ2) is 8.89. The molecule has 0 amide bonds. The standard InChI is InChI=1S/C15H28N4O/c1-5-19(10-6-9-18(2)3)14(11-16)13-7-8-15(20-4)17-12-13/h7-8,12,14H,5-6,9-11,16H2,1-4H3. The predicted octanol–water partition coefficient (Wildman–Crippen LogP) is 1.36. The minimum absolute atomic E-state index is 0.223. The number of methoxy groups -OCH3 is 1. The summed E-state index contributed by atoms with van der Waals surface area (Å²) in [6, 6.07) is 4.17. The molecule has 5 heteroatoms. The third-order valence-corrected chi connectivity index (χ3v) is 3.47. The second-order valence-corrected chi connectivity index (χ2v) is 5.17. The Bertz CT molecular complexity index is 367. The molecule has 0 aliphatic heterocycles. The van der Waals surface area contributed by atoms with Crippen molar-refractivity contribution in [1.82, 2.24) is 14.8 Å². The average Bonchev–Trinajstić information content (AvgIpc) is 2.46. The van der Waals surface area contributed by atoms with E-state index in [2.05, 4.69) is 41.9 Å². The van der Waals surface area contributed by atoms with Gasteiger partial charge >= 0.3 is 0 Å². The minimum atomic E-state index is 0.223. The van der Waals surface area contributed by atoms with Gasteiger partial charge in [-0.15, -0.1) is 0 Å². The molecule has 1 atom stereocenters. The molecule has 5 nitrogen and oxygen atoms in total. The number of hydrogen-bond acceptors (Lipinski definition) is 5. The smallest absolute Gasteiger partial charge is 0.212 e. The molecule has 0 bridgehead atoms. The van der Waals surface area contributed by atoms with Crippen molar-refractivity contribution < 1.29 is 4.74 Å². The van der Waals surface area contributed by atoms with Gasteiger partial charge in [-0.2, -0.15) is 0 Å². The lowest BCUT2D eigenvalue weighted by molar-refractivity contribution is 0.201. The van der Waals surface area contributed by atoms with Gasteiger partial charge in [-0.1, -0.05) is 13.0 Å². The summed E-state index contributed by atoms with van der Waals surface area (Å²) < 4.78 is 5.10. The number of rotatable bonds is 9. The van der Waals surface area contributed by atoms with Gasteiger partial charge in [-0.25, -0.2) is 4.98 Å². The second-order valence-electron chi connectivity index (χ2n) is 5.17. The molecule has 0 radical (unpaired) electrons. The number of pyridine rings is 1. The molecular formula is C15H28N4O. The Balaban J connectivity index is 2.69. The van der Waals surface area contributed by atoms with Crippen LogP contribution in [-0.2, 0) is 0 Å². The van der Waals surface area contributed by atoms with Crippen LogP contribution in [0, 0.1) is 0 Å². The van der Waals surface area contributed by atoms with E-state index in [1.165, 1.54) is 0 Å². The van der Waals surface area contributed by atoms with E-state index in [1.807, 2.05) is 12.3 Å². The van der Waals surface area contributed by atoms with E-state index in [9.17, 15) is 0 Å². The molecule has 0 aliphatic carbocycles. The van der Waals surface area contributed by atoms with Crippen molar-refractivity contribution in [2.24, 2.45) is 5.73 Å². The van der Waals surface area contributed by atoms with E-state index in [-0.39, 0.29) is 6.04 Å². The molecule has 1 rings (SSSR count).